The highest BCUT2D eigenvalue weighted by Gasteiger charge is 2.28. The number of nitrogens with zero attached hydrogens (tertiary/aromatic N) is 3. The molecule has 5 heteroatoms. The smallest absolute Gasteiger partial charge is 0.159 e. The van der Waals surface area contributed by atoms with Crippen LogP contribution in [-0.4, -0.2) is 17.8 Å². The number of hydrogen-bond acceptors (Lipinski definition) is 5. The van der Waals surface area contributed by atoms with Crippen LogP contribution in [0.2, 0.25) is 0 Å². The molecule has 2 N–H and O–H groups in total. The molecular weight excluding hydrogens is 647 g/mol. The van der Waals surface area contributed by atoms with Crippen molar-refractivity contribution in [3.8, 4) is 33.4 Å². The van der Waals surface area contributed by atoms with Gasteiger partial charge in [0.15, 0.2) is 5.84 Å². The van der Waals surface area contributed by atoms with Crippen molar-refractivity contribution < 1.29 is 0 Å². The highest BCUT2D eigenvalue weighted by atomic mass is 15.3. The van der Waals surface area contributed by atoms with Crippen molar-refractivity contribution >= 4 is 28.7 Å². The Morgan fingerprint density at radius 1 is 0.509 bits per heavy atom. The minimum atomic E-state index is -0.339. The Bertz CT molecular complexity index is 2470. The second-order valence-corrected chi connectivity index (χ2v) is 13.4. The van der Waals surface area contributed by atoms with E-state index in [0.29, 0.717) is 5.84 Å². The molecule has 256 valence electrons. The minimum Gasteiger partial charge on any atom is -0.363 e. The first kappa shape index (κ1) is 32.2. The third-order valence-electron chi connectivity index (χ3n) is 10.1. The molecule has 0 amide bonds. The molecule has 2 atom stereocenters. The van der Waals surface area contributed by atoms with Crippen LogP contribution in [0.4, 0.5) is 17.1 Å². The fraction of sp³-hybridized carbons (Fsp3) is 0.0833. The monoisotopic (exact) mass is 685 g/mol. The van der Waals surface area contributed by atoms with E-state index in [1.807, 2.05) is 36.4 Å². The van der Waals surface area contributed by atoms with Gasteiger partial charge in [-0.1, -0.05) is 159 Å². The maximum atomic E-state index is 5.22. The number of aliphatic imine (C=N–C) groups is 2. The first-order valence-electron chi connectivity index (χ1n) is 18.3. The summed E-state index contributed by atoms with van der Waals surface area (Å²) in [6.07, 6.45) is 0.860. The maximum absolute atomic E-state index is 5.22. The van der Waals surface area contributed by atoms with Crippen molar-refractivity contribution in [1.29, 1.82) is 0 Å². The van der Waals surface area contributed by atoms with Crippen molar-refractivity contribution in [2.75, 3.05) is 10.2 Å². The molecule has 7 aromatic carbocycles. The third kappa shape index (κ3) is 6.27. The number of hydrogen-bond donors (Lipinski definition) is 2. The summed E-state index contributed by atoms with van der Waals surface area (Å²) >= 11 is 0. The highest BCUT2D eigenvalue weighted by Crippen LogP contribution is 2.42. The van der Waals surface area contributed by atoms with Gasteiger partial charge >= 0.3 is 0 Å². The summed E-state index contributed by atoms with van der Waals surface area (Å²) in [5.74, 6) is 1.52. The largest absolute Gasteiger partial charge is 0.363 e. The van der Waals surface area contributed by atoms with Crippen molar-refractivity contribution in [3.63, 3.8) is 0 Å². The van der Waals surface area contributed by atoms with E-state index in [2.05, 4.69) is 168 Å². The molecule has 0 radical (unpaired) electrons. The van der Waals surface area contributed by atoms with E-state index in [1.165, 1.54) is 33.8 Å². The van der Waals surface area contributed by atoms with E-state index in [0.717, 1.165) is 45.6 Å². The average Bonchev–Trinajstić information content (AvgIpc) is 3.63. The molecule has 9 rings (SSSR count). The van der Waals surface area contributed by atoms with Gasteiger partial charge < -0.3 is 15.5 Å². The summed E-state index contributed by atoms with van der Waals surface area (Å²) in [6, 6.07) is 64.2. The van der Waals surface area contributed by atoms with E-state index >= 15 is 0 Å². The predicted molar refractivity (Wildman–Crippen MR) is 221 cm³/mol. The summed E-state index contributed by atoms with van der Waals surface area (Å²) in [5, 5.41) is 7.38. The van der Waals surface area contributed by atoms with Gasteiger partial charge in [-0.3, -0.25) is 0 Å². The lowest BCUT2D eigenvalue weighted by Gasteiger charge is -2.26. The molecule has 0 aliphatic carbocycles. The first-order valence-corrected chi connectivity index (χ1v) is 18.3. The molecule has 2 aliphatic rings. The van der Waals surface area contributed by atoms with Gasteiger partial charge in [0.25, 0.3) is 0 Å². The Balaban J connectivity index is 1.09. The normalized spacial score (nSPS) is 16.2. The van der Waals surface area contributed by atoms with Crippen molar-refractivity contribution in [2.45, 2.75) is 25.7 Å². The van der Waals surface area contributed by atoms with Gasteiger partial charge in [-0.2, -0.15) is 0 Å². The molecule has 0 bridgehead atoms. The van der Waals surface area contributed by atoms with Crippen molar-refractivity contribution in [1.82, 2.24) is 5.32 Å². The lowest BCUT2D eigenvalue weighted by Crippen LogP contribution is -2.33. The summed E-state index contributed by atoms with van der Waals surface area (Å²) in [4.78, 5) is 12.6. The maximum Gasteiger partial charge on any atom is 0.159 e. The van der Waals surface area contributed by atoms with E-state index in [9.17, 15) is 0 Å². The van der Waals surface area contributed by atoms with Crippen molar-refractivity contribution in [3.05, 3.63) is 199 Å². The van der Waals surface area contributed by atoms with Crippen LogP contribution in [0.15, 0.2) is 192 Å². The standard InChI is InChI=1S/C48H39N5/c1-2-45-49-43-29-13-14-30-44(43)53(45)38-24-16-22-36(32-38)35-21-15-23-37(31-35)39-25-9-10-26-40(39)41-27-11-12-28-42(41)48-51-46(33-17-5-3-6-18-33)50-47(52-48)34-19-7-4-8-20-34/h3-32,45,48-49H,2H2,1H3,(H,50,51,52). The molecule has 53 heavy (non-hydrogen) atoms. The minimum absolute atomic E-state index is 0.211. The number of para-hydroxylation sites is 2. The zero-order valence-electron chi connectivity index (χ0n) is 29.5. The SMILES string of the molecule is CCC1Nc2ccccc2N1c1cccc(-c2cccc(-c3ccccc3-c3ccccc3C3N=C(c4ccccc4)N=C(c4ccccc4)N3)c2)c1. The van der Waals surface area contributed by atoms with Crippen LogP contribution in [0.3, 0.4) is 0 Å². The summed E-state index contributed by atoms with van der Waals surface area (Å²) in [7, 11) is 0. The van der Waals surface area contributed by atoms with Gasteiger partial charge in [-0.15, -0.1) is 0 Å². The fourth-order valence-electron chi connectivity index (χ4n) is 7.54. The summed E-state index contributed by atoms with van der Waals surface area (Å²) in [6.45, 7) is 2.23. The first-order chi connectivity index (χ1) is 26.2. The molecule has 0 aromatic heterocycles. The van der Waals surface area contributed by atoms with Gasteiger partial charge in [-0.25, -0.2) is 9.98 Å². The van der Waals surface area contributed by atoms with Crippen LogP contribution in [0, 0.1) is 0 Å². The molecule has 0 saturated carbocycles. The van der Waals surface area contributed by atoms with Gasteiger partial charge in [0.1, 0.15) is 18.2 Å². The number of rotatable bonds is 8. The number of nitrogens with one attached hydrogen (secondary N) is 2. The van der Waals surface area contributed by atoms with E-state index in [-0.39, 0.29) is 12.3 Å². The van der Waals surface area contributed by atoms with E-state index < -0.39 is 0 Å². The molecule has 0 fully saturated rings. The van der Waals surface area contributed by atoms with E-state index in [4.69, 9.17) is 9.98 Å². The molecule has 2 unspecified atom stereocenters. The van der Waals surface area contributed by atoms with Crippen LogP contribution in [0.25, 0.3) is 33.4 Å². The number of amidine groups is 2. The van der Waals surface area contributed by atoms with Crippen LogP contribution in [0.1, 0.15) is 36.2 Å². The van der Waals surface area contributed by atoms with Gasteiger partial charge in [-0.05, 0) is 70.1 Å². The second-order valence-electron chi connectivity index (χ2n) is 13.4. The molecule has 2 heterocycles. The lowest BCUT2D eigenvalue weighted by atomic mass is 9.89. The Kier molecular flexibility index (Phi) is 8.58. The molecule has 0 spiro atoms. The molecular formula is C48H39N5. The quantitative estimate of drug-likeness (QED) is 0.167. The van der Waals surface area contributed by atoms with E-state index in [1.54, 1.807) is 0 Å². The topological polar surface area (TPSA) is 52.0 Å². The zero-order chi connectivity index (χ0) is 35.6. The fourth-order valence-corrected chi connectivity index (χ4v) is 7.54. The Morgan fingerprint density at radius 2 is 1.11 bits per heavy atom. The number of benzene rings is 7. The van der Waals surface area contributed by atoms with Crippen LogP contribution >= 0.6 is 0 Å². The lowest BCUT2D eigenvalue weighted by molar-refractivity contribution is 0.676. The number of fused-ring (bicyclic) bond motifs is 1. The van der Waals surface area contributed by atoms with Crippen LogP contribution < -0.4 is 15.5 Å². The Labute approximate surface area is 311 Å². The number of anilines is 3. The molecule has 2 aliphatic heterocycles. The van der Waals surface area contributed by atoms with Crippen LogP contribution in [0.5, 0.6) is 0 Å². The van der Waals surface area contributed by atoms with Gasteiger partial charge in [0, 0.05) is 22.4 Å². The molecule has 0 saturated heterocycles. The highest BCUT2D eigenvalue weighted by molar-refractivity contribution is 6.13. The molecule has 5 nitrogen and oxygen atoms in total. The Morgan fingerprint density at radius 3 is 1.91 bits per heavy atom. The average molecular weight is 686 g/mol. The predicted octanol–water partition coefficient (Wildman–Crippen LogP) is 11.5. The summed E-state index contributed by atoms with van der Waals surface area (Å²) in [5.41, 5.74) is 13.6. The summed E-state index contributed by atoms with van der Waals surface area (Å²) < 4.78 is 0. The van der Waals surface area contributed by atoms with Crippen LogP contribution in [-0.2, 0) is 0 Å². The van der Waals surface area contributed by atoms with Gasteiger partial charge in [0.2, 0.25) is 0 Å². The molecule has 7 aromatic rings. The third-order valence-corrected chi connectivity index (χ3v) is 10.1. The zero-order valence-corrected chi connectivity index (χ0v) is 29.5. The van der Waals surface area contributed by atoms with Crippen molar-refractivity contribution in [2.24, 2.45) is 9.98 Å². The van der Waals surface area contributed by atoms with Gasteiger partial charge in [0.05, 0.1) is 11.4 Å². The Hall–Kier alpha value is -6.72. The second kappa shape index (κ2) is 14.1.